The molecule has 3 nitrogen and oxygen atoms in total. The second-order valence-corrected chi connectivity index (χ2v) is 4.55. The van der Waals surface area contributed by atoms with Crippen molar-refractivity contribution in [1.29, 1.82) is 0 Å². The summed E-state index contributed by atoms with van der Waals surface area (Å²) in [5.41, 5.74) is 4.50. The van der Waals surface area contributed by atoms with Crippen molar-refractivity contribution in [1.82, 2.24) is 15.3 Å². The van der Waals surface area contributed by atoms with Crippen molar-refractivity contribution in [3.63, 3.8) is 0 Å². The fourth-order valence-electron chi connectivity index (χ4n) is 2.18. The van der Waals surface area contributed by atoms with Crippen molar-refractivity contribution in [2.45, 2.75) is 26.3 Å². The first-order chi connectivity index (χ1) is 8.69. The number of nitrogens with zero attached hydrogens (tertiary/aromatic N) is 2. The minimum atomic E-state index is 0.278. The molecule has 0 aliphatic rings. The van der Waals surface area contributed by atoms with Gasteiger partial charge in [0, 0.05) is 35.7 Å². The second-order valence-electron chi connectivity index (χ2n) is 4.55. The predicted molar refractivity (Wildman–Crippen MR) is 73.5 cm³/mol. The summed E-state index contributed by atoms with van der Waals surface area (Å²) >= 11 is 0. The molecule has 18 heavy (non-hydrogen) atoms. The van der Waals surface area contributed by atoms with Gasteiger partial charge in [-0.15, -0.1) is 0 Å². The van der Waals surface area contributed by atoms with Crippen molar-refractivity contribution >= 4 is 0 Å². The van der Waals surface area contributed by atoms with Crippen LogP contribution in [0.3, 0.4) is 0 Å². The highest BCUT2D eigenvalue weighted by Crippen LogP contribution is 2.18. The zero-order valence-corrected chi connectivity index (χ0v) is 11.1. The maximum absolute atomic E-state index is 4.41. The van der Waals surface area contributed by atoms with Crippen LogP contribution in [0, 0.1) is 13.8 Å². The molecule has 2 aromatic heterocycles. The van der Waals surface area contributed by atoms with Crippen LogP contribution in [-0.2, 0) is 6.42 Å². The molecule has 1 unspecified atom stereocenters. The lowest BCUT2D eigenvalue weighted by Gasteiger charge is -2.17. The first kappa shape index (κ1) is 12.7. The van der Waals surface area contributed by atoms with Gasteiger partial charge in [-0.05, 0) is 50.7 Å². The first-order valence-corrected chi connectivity index (χ1v) is 6.21. The number of hydrogen-bond donors (Lipinski definition) is 1. The third-order valence-corrected chi connectivity index (χ3v) is 2.99. The summed E-state index contributed by atoms with van der Waals surface area (Å²) in [4.78, 5) is 8.80. The van der Waals surface area contributed by atoms with Gasteiger partial charge in [0.05, 0.1) is 0 Å². The maximum atomic E-state index is 4.41. The summed E-state index contributed by atoms with van der Waals surface area (Å²) in [6.07, 6.45) is 2.73. The minimum Gasteiger partial charge on any atom is -0.313 e. The molecule has 2 heterocycles. The lowest BCUT2D eigenvalue weighted by Crippen LogP contribution is -2.19. The van der Waals surface area contributed by atoms with Gasteiger partial charge in [0.2, 0.25) is 0 Å². The molecular weight excluding hydrogens is 222 g/mol. The fourth-order valence-corrected chi connectivity index (χ4v) is 2.18. The number of hydrogen-bond acceptors (Lipinski definition) is 3. The summed E-state index contributed by atoms with van der Waals surface area (Å²) in [5.74, 6) is 0. The molecule has 3 heteroatoms. The van der Waals surface area contributed by atoms with Crippen LogP contribution >= 0.6 is 0 Å². The van der Waals surface area contributed by atoms with E-state index in [1.807, 2.05) is 39.2 Å². The van der Waals surface area contributed by atoms with Crippen LogP contribution in [-0.4, -0.2) is 17.0 Å². The zero-order chi connectivity index (χ0) is 13.0. The van der Waals surface area contributed by atoms with Gasteiger partial charge in [-0.1, -0.05) is 6.07 Å². The topological polar surface area (TPSA) is 37.8 Å². The van der Waals surface area contributed by atoms with Gasteiger partial charge in [0.15, 0.2) is 0 Å². The molecule has 0 spiro atoms. The highest BCUT2D eigenvalue weighted by molar-refractivity contribution is 5.25. The molecule has 0 aromatic carbocycles. The number of pyridine rings is 2. The maximum Gasteiger partial charge on any atom is 0.0422 e. The summed E-state index contributed by atoms with van der Waals surface area (Å²) in [6.45, 7) is 4.06. The van der Waals surface area contributed by atoms with Gasteiger partial charge in [0.1, 0.15) is 0 Å². The first-order valence-electron chi connectivity index (χ1n) is 6.21. The Bertz CT molecular complexity index is 488. The molecule has 1 atom stereocenters. The van der Waals surface area contributed by atoms with Gasteiger partial charge < -0.3 is 5.32 Å². The van der Waals surface area contributed by atoms with Crippen molar-refractivity contribution in [2.75, 3.05) is 7.05 Å². The molecule has 0 aliphatic carbocycles. The molecule has 2 rings (SSSR count). The second kappa shape index (κ2) is 5.74. The van der Waals surface area contributed by atoms with Crippen LogP contribution < -0.4 is 5.32 Å². The van der Waals surface area contributed by atoms with Gasteiger partial charge in [0.25, 0.3) is 0 Å². The molecule has 0 bridgehead atoms. The summed E-state index contributed by atoms with van der Waals surface area (Å²) < 4.78 is 0. The van der Waals surface area contributed by atoms with Gasteiger partial charge >= 0.3 is 0 Å². The molecule has 2 aromatic rings. The van der Waals surface area contributed by atoms with Crippen molar-refractivity contribution in [3.05, 3.63) is 59.2 Å². The minimum absolute atomic E-state index is 0.278. The summed E-state index contributed by atoms with van der Waals surface area (Å²) in [7, 11) is 1.98. The van der Waals surface area contributed by atoms with E-state index in [1.165, 1.54) is 5.56 Å². The van der Waals surface area contributed by atoms with Crippen LogP contribution in [0.5, 0.6) is 0 Å². The Hall–Kier alpha value is -1.74. The average molecular weight is 241 g/mol. The number of aromatic nitrogens is 2. The van der Waals surface area contributed by atoms with Crippen LogP contribution in [0.25, 0.3) is 0 Å². The predicted octanol–water partition coefficient (Wildman–Crippen LogP) is 2.60. The highest BCUT2D eigenvalue weighted by atomic mass is 14.9. The lowest BCUT2D eigenvalue weighted by molar-refractivity contribution is 0.582. The third-order valence-electron chi connectivity index (χ3n) is 2.99. The van der Waals surface area contributed by atoms with E-state index < -0.39 is 0 Å². The Kier molecular flexibility index (Phi) is 4.05. The average Bonchev–Trinajstić information content (AvgIpc) is 2.36. The van der Waals surface area contributed by atoms with Gasteiger partial charge in [-0.25, -0.2) is 0 Å². The third kappa shape index (κ3) is 3.14. The van der Waals surface area contributed by atoms with Gasteiger partial charge in [-0.2, -0.15) is 0 Å². The van der Waals surface area contributed by atoms with E-state index in [-0.39, 0.29) is 6.04 Å². The van der Waals surface area contributed by atoms with E-state index in [4.69, 9.17) is 0 Å². The molecule has 0 fully saturated rings. The van der Waals surface area contributed by atoms with E-state index in [2.05, 4.69) is 33.5 Å². The van der Waals surface area contributed by atoms with E-state index in [0.717, 1.165) is 23.5 Å². The Morgan fingerprint density at radius 3 is 2.44 bits per heavy atom. The largest absolute Gasteiger partial charge is 0.313 e. The molecule has 0 amide bonds. The fraction of sp³-hybridized carbons (Fsp3) is 0.333. The summed E-state index contributed by atoms with van der Waals surface area (Å²) in [5, 5.41) is 3.35. The highest BCUT2D eigenvalue weighted by Gasteiger charge is 2.11. The van der Waals surface area contributed by atoms with E-state index in [0.29, 0.717) is 0 Å². The van der Waals surface area contributed by atoms with Crippen molar-refractivity contribution in [2.24, 2.45) is 0 Å². The number of rotatable bonds is 4. The molecule has 0 aliphatic heterocycles. The molecule has 0 saturated carbocycles. The van der Waals surface area contributed by atoms with Crippen LogP contribution in [0.15, 0.2) is 36.5 Å². The zero-order valence-electron chi connectivity index (χ0n) is 11.1. The summed E-state index contributed by atoms with van der Waals surface area (Å²) in [6, 6.07) is 10.6. The Labute approximate surface area is 108 Å². The number of likely N-dealkylation sites (N-methyl/N-ethyl adjacent to an activating group) is 1. The molecule has 0 radical (unpaired) electrons. The Morgan fingerprint density at radius 1 is 1.17 bits per heavy atom. The smallest absolute Gasteiger partial charge is 0.0422 e. The number of nitrogens with one attached hydrogen (secondary N) is 1. The molecule has 1 N–H and O–H groups in total. The van der Waals surface area contributed by atoms with Crippen molar-refractivity contribution in [3.8, 4) is 0 Å². The van der Waals surface area contributed by atoms with Gasteiger partial charge in [-0.3, -0.25) is 9.97 Å². The number of aryl methyl sites for hydroxylation is 2. The molecular formula is C15H19N3. The molecule has 94 valence electrons. The van der Waals surface area contributed by atoms with Crippen LogP contribution in [0.4, 0.5) is 0 Å². The lowest BCUT2D eigenvalue weighted by atomic mass is 10.0. The van der Waals surface area contributed by atoms with Crippen molar-refractivity contribution < 1.29 is 0 Å². The van der Waals surface area contributed by atoms with E-state index in [9.17, 15) is 0 Å². The normalized spacial score (nSPS) is 12.4. The standard InChI is InChI=1S/C15H19N3/c1-11-8-13(9-12(2)18-11)15(16-3)10-14-6-4-5-7-17-14/h4-9,15-16H,10H2,1-3H3. The van der Waals surface area contributed by atoms with E-state index >= 15 is 0 Å². The molecule has 0 saturated heterocycles. The quantitative estimate of drug-likeness (QED) is 0.894. The SMILES string of the molecule is CNC(Cc1ccccn1)c1cc(C)nc(C)c1. The van der Waals surface area contributed by atoms with Crippen LogP contribution in [0.2, 0.25) is 0 Å². The Morgan fingerprint density at radius 2 is 1.89 bits per heavy atom. The van der Waals surface area contributed by atoms with Crippen LogP contribution in [0.1, 0.15) is 28.7 Å². The monoisotopic (exact) mass is 241 g/mol. The van der Waals surface area contributed by atoms with E-state index in [1.54, 1.807) is 0 Å². The Balaban J connectivity index is 2.23.